The van der Waals surface area contributed by atoms with Gasteiger partial charge in [-0.25, -0.2) is 15.0 Å². The summed E-state index contributed by atoms with van der Waals surface area (Å²) < 4.78 is 18.8. The van der Waals surface area contributed by atoms with Crippen molar-refractivity contribution < 1.29 is 18.7 Å². The van der Waals surface area contributed by atoms with Crippen molar-refractivity contribution in [1.29, 1.82) is 0 Å². The molecular weight excluding hydrogens is 457 g/mol. The number of anilines is 1. The highest BCUT2D eigenvalue weighted by atomic mass is 35.5. The summed E-state index contributed by atoms with van der Waals surface area (Å²) in [6, 6.07) is 7.43. The van der Waals surface area contributed by atoms with Gasteiger partial charge in [0.05, 0.1) is 12.7 Å². The van der Waals surface area contributed by atoms with Gasteiger partial charge in [-0.2, -0.15) is 0 Å². The number of hydrogen-bond acceptors (Lipinski definition) is 9. The van der Waals surface area contributed by atoms with Crippen LogP contribution in [0.1, 0.15) is 12.6 Å². The Balaban J connectivity index is 1.54. The Kier molecular flexibility index (Phi) is 5.04. The second kappa shape index (κ2) is 7.44. The fraction of sp³-hybridized carbons (Fsp3) is 0.312. The first-order chi connectivity index (χ1) is 13.9. The van der Waals surface area contributed by atoms with Gasteiger partial charge in [-0.3, -0.25) is 4.57 Å². The standard InChI is InChI=1S/C16H15ClN5O4PS2/c17-8-1-3-9(4-2-8)29-16-21-13-14(18)19-7-20-15(13)22(16)12-5-10-11(25-12)6-24-27(23,28)26-10/h1-4,7,10-12H,5-6H2,(H,23,28)(H2,18,19,20)/t10-,11+,12+,27?/m0/s1. The number of halogens is 1. The van der Waals surface area contributed by atoms with Crippen LogP contribution < -0.4 is 5.73 Å². The summed E-state index contributed by atoms with van der Waals surface area (Å²) in [5.74, 6) is 0.285. The Morgan fingerprint density at radius 1 is 1.28 bits per heavy atom. The lowest BCUT2D eigenvalue weighted by Crippen LogP contribution is -2.32. The van der Waals surface area contributed by atoms with E-state index in [1.807, 2.05) is 28.8 Å². The lowest BCUT2D eigenvalue weighted by Gasteiger charge is -2.29. The zero-order valence-electron chi connectivity index (χ0n) is 14.7. The summed E-state index contributed by atoms with van der Waals surface area (Å²) in [6.45, 7) is -3.04. The van der Waals surface area contributed by atoms with E-state index in [9.17, 15) is 4.89 Å². The molecule has 2 aliphatic rings. The van der Waals surface area contributed by atoms with Crippen LogP contribution in [-0.2, 0) is 25.6 Å². The number of imidazole rings is 1. The minimum absolute atomic E-state index is 0.179. The van der Waals surface area contributed by atoms with Gasteiger partial charge < -0.3 is 24.4 Å². The SMILES string of the molecule is Nc1ncnc2c1nc(Sc1ccc(Cl)cc1)n2[C@H]1C[C@@H]2OP(O)(=S)OC[C@H]2O1. The van der Waals surface area contributed by atoms with Crippen LogP contribution in [0.3, 0.4) is 0 Å². The Morgan fingerprint density at radius 3 is 2.86 bits per heavy atom. The van der Waals surface area contributed by atoms with Crippen LogP contribution in [0.15, 0.2) is 40.6 Å². The van der Waals surface area contributed by atoms with E-state index in [4.69, 9.17) is 42.9 Å². The Morgan fingerprint density at radius 2 is 2.07 bits per heavy atom. The van der Waals surface area contributed by atoms with Crippen LogP contribution in [0, 0.1) is 0 Å². The summed E-state index contributed by atoms with van der Waals surface area (Å²) in [5, 5.41) is 1.29. The van der Waals surface area contributed by atoms with Crippen LogP contribution in [-0.4, -0.2) is 43.2 Å². The number of nitrogens with two attached hydrogens (primary N) is 1. The summed E-state index contributed by atoms with van der Waals surface area (Å²) in [4.78, 5) is 24.0. The molecule has 0 amide bonds. The van der Waals surface area contributed by atoms with Gasteiger partial charge in [-0.15, -0.1) is 0 Å². The molecule has 4 atom stereocenters. The zero-order valence-corrected chi connectivity index (χ0v) is 18.0. The summed E-state index contributed by atoms with van der Waals surface area (Å²) in [5.41, 5.74) is 7.07. The molecule has 2 aliphatic heterocycles. The average molecular weight is 472 g/mol. The number of aromatic nitrogens is 4. The topological polar surface area (TPSA) is 118 Å². The van der Waals surface area contributed by atoms with Crippen molar-refractivity contribution in [3.8, 4) is 0 Å². The maximum absolute atomic E-state index is 9.97. The molecule has 0 radical (unpaired) electrons. The molecule has 2 fully saturated rings. The molecule has 4 heterocycles. The van der Waals surface area contributed by atoms with Crippen LogP contribution in [0.5, 0.6) is 0 Å². The fourth-order valence-electron chi connectivity index (χ4n) is 3.33. The number of benzene rings is 1. The fourth-order valence-corrected chi connectivity index (χ4v) is 5.86. The van der Waals surface area contributed by atoms with E-state index in [0.29, 0.717) is 27.8 Å². The summed E-state index contributed by atoms with van der Waals surface area (Å²) in [6.07, 6.45) is 0.719. The molecule has 0 spiro atoms. The molecule has 9 nitrogen and oxygen atoms in total. The van der Waals surface area contributed by atoms with E-state index < -0.39 is 12.9 Å². The van der Waals surface area contributed by atoms with Crippen LogP contribution in [0.4, 0.5) is 5.82 Å². The highest BCUT2D eigenvalue weighted by Gasteiger charge is 2.45. The maximum atomic E-state index is 9.97. The van der Waals surface area contributed by atoms with Crippen molar-refractivity contribution >= 4 is 58.9 Å². The molecule has 3 N–H and O–H groups in total. The third kappa shape index (κ3) is 3.77. The molecule has 0 bridgehead atoms. The van der Waals surface area contributed by atoms with Gasteiger partial charge in [0.2, 0.25) is 0 Å². The molecule has 0 aliphatic carbocycles. The number of nitrogens with zero attached hydrogens (tertiary/aromatic N) is 4. The number of ether oxygens (including phenoxy) is 1. The number of fused-ring (bicyclic) bond motifs is 2. The molecule has 0 saturated carbocycles. The largest absolute Gasteiger partial charge is 0.382 e. The van der Waals surface area contributed by atoms with E-state index in [1.54, 1.807) is 0 Å². The first-order valence-electron chi connectivity index (χ1n) is 8.63. The molecule has 1 aromatic carbocycles. The maximum Gasteiger partial charge on any atom is 0.324 e. The number of rotatable bonds is 3. The van der Waals surface area contributed by atoms with Crippen LogP contribution >= 0.6 is 30.1 Å². The molecule has 2 aromatic heterocycles. The predicted molar refractivity (Wildman–Crippen MR) is 111 cm³/mol. The Hall–Kier alpha value is -1.30. The van der Waals surface area contributed by atoms with E-state index in [-0.39, 0.29) is 24.6 Å². The molecule has 2 saturated heterocycles. The van der Waals surface area contributed by atoms with Gasteiger partial charge in [-0.1, -0.05) is 23.4 Å². The van der Waals surface area contributed by atoms with Crippen molar-refractivity contribution in [3.05, 3.63) is 35.6 Å². The van der Waals surface area contributed by atoms with Crippen LogP contribution in [0.2, 0.25) is 5.02 Å². The van der Waals surface area contributed by atoms with Crippen molar-refractivity contribution in [2.24, 2.45) is 0 Å². The van der Waals surface area contributed by atoms with E-state index in [1.165, 1.54) is 18.1 Å². The van der Waals surface area contributed by atoms with Crippen molar-refractivity contribution in [2.45, 2.75) is 34.9 Å². The third-order valence-corrected chi connectivity index (χ3v) is 7.45. The third-order valence-electron chi connectivity index (χ3n) is 4.63. The molecule has 3 aromatic rings. The first kappa shape index (κ1) is 19.7. The predicted octanol–water partition coefficient (Wildman–Crippen LogP) is 3.13. The van der Waals surface area contributed by atoms with E-state index in [2.05, 4.69) is 15.0 Å². The lowest BCUT2D eigenvalue weighted by atomic mass is 10.2. The molecular formula is C16H15ClN5O4PS2. The van der Waals surface area contributed by atoms with Gasteiger partial charge in [0.15, 0.2) is 22.1 Å². The molecule has 5 rings (SSSR count). The number of nitrogen functional groups attached to an aromatic ring is 1. The van der Waals surface area contributed by atoms with Crippen molar-refractivity contribution in [2.75, 3.05) is 12.3 Å². The quantitative estimate of drug-likeness (QED) is 0.551. The minimum atomic E-state index is -3.22. The van der Waals surface area contributed by atoms with Crippen LogP contribution in [0.25, 0.3) is 11.2 Å². The van der Waals surface area contributed by atoms with Gasteiger partial charge in [-0.05, 0) is 36.1 Å². The number of hydrogen-bond donors (Lipinski definition) is 2. The second-order valence-corrected chi connectivity index (χ2v) is 10.8. The minimum Gasteiger partial charge on any atom is -0.382 e. The van der Waals surface area contributed by atoms with Gasteiger partial charge >= 0.3 is 6.72 Å². The van der Waals surface area contributed by atoms with Gasteiger partial charge in [0.1, 0.15) is 18.7 Å². The molecule has 152 valence electrons. The monoisotopic (exact) mass is 471 g/mol. The van der Waals surface area contributed by atoms with Gasteiger partial charge in [0.25, 0.3) is 0 Å². The average Bonchev–Trinajstić information content (AvgIpc) is 3.24. The summed E-state index contributed by atoms with van der Waals surface area (Å²) >= 11 is 12.4. The molecule has 29 heavy (non-hydrogen) atoms. The van der Waals surface area contributed by atoms with E-state index >= 15 is 0 Å². The van der Waals surface area contributed by atoms with Gasteiger partial charge in [0, 0.05) is 16.3 Å². The highest BCUT2D eigenvalue weighted by Crippen LogP contribution is 2.53. The van der Waals surface area contributed by atoms with Crippen molar-refractivity contribution in [3.63, 3.8) is 0 Å². The normalized spacial score (nSPS) is 29.2. The second-order valence-electron chi connectivity index (χ2n) is 6.52. The van der Waals surface area contributed by atoms with E-state index in [0.717, 1.165) is 4.90 Å². The summed E-state index contributed by atoms with van der Waals surface area (Å²) in [7, 11) is 0. The Bertz CT molecular complexity index is 1130. The highest BCUT2D eigenvalue weighted by molar-refractivity contribution is 8.07. The zero-order chi connectivity index (χ0) is 20.2. The van der Waals surface area contributed by atoms with Crippen molar-refractivity contribution in [1.82, 2.24) is 19.5 Å². The smallest absolute Gasteiger partial charge is 0.324 e. The Labute approximate surface area is 179 Å². The first-order valence-corrected chi connectivity index (χ1v) is 12.4. The molecule has 1 unspecified atom stereocenters. The molecule has 13 heteroatoms. The lowest BCUT2D eigenvalue weighted by molar-refractivity contribution is -0.0598.